The fourth-order valence-corrected chi connectivity index (χ4v) is 5.87. The number of aliphatic hydroxyl groups is 1. The van der Waals surface area contributed by atoms with Crippen molar-refractivity contribution in [1.29, 1.82) is 10.8 Å². The van der Waals surface area contributed by atoms with Gasteiger partial charge in [-0.1, -0.05) is 26.0 Å². The van der Waals surface area contributed by atoms with Gasteiger partial charge >= 0.3 is 0 Å². The van der Waals surface area contributed by atoms with E-state index >= 15 is 0 Å². The quantitative estimate of drug-likeness (QED) is 0.302. The first kappa shape index (κ1) is 22.7. The van der Waals surface area contributed by atoms with Crippen molar-refractivity contribution in [1.82, 2.24) is 31.1 Å². The van der Waals surface area contributed by atoms with Gasteiger partial charge in [0.15, 0.2) is 17.6 Å². The number of amides is 1. The lowest BCUT2D eigenvalue weighted by molar-refractivity contribution is 0.00341. The molecule has 4 aliphatic heterocycles. The highest BCUT2D eigenvalue weighted by atomic mass is 16.5. The van der Waals surface area contributed by atoms with Crippen LogP contribution in [-0.2, 0) is 5.41 Å². The summed E-state index contributed by atoms with van der Waals surface area (Å²) in [5.74, 6) is 0.524. The topological polar surface area (TPSA) is 149 Å². The Kier molecular flexibility index (Phi) is 5.17. The molecule has 1 aromatic carbocycles. The first-order chi connectivity index (χ1) is 16.0. The number of hydrogen-bond donors (Lipinski definition) is 7. The number of guanidine groups is 2. The number of nitrogens with zero attached hydrogens (tertiary/aromatic N) is 2. The van der Waals surface area contributed by atoms with Crippen LogP contribution >= 0.6 is 0 Å². The van der Waals surface area contributed by atoms with Crippen LogP contribution < -0.4 is 26.0 Å². The van der Waals surface area contributed by atoms with Crippen molar-refractivity contribution in [2.24, 2.45) is 0 Å². The Morgan fingerprint density at radius 2 is 2.09 bits per heavy atom. The minimum absolute atomic E-state index is 0.0917. The lowest BCUT2D eigenvalue weighted by atomic mass is 9.79. The van der Waals surface area contributed by atoms with Crippen molar-refractivity contribution >= 4 is 17.8 Å². The number of likely N-dealkylation sites (N-methyl/N-ethyl adjacent to an activating group) is 1. The third-order valence-electron chi connectivity index (χ3n) is 7.59. The van der Waals surface area contributed by atoms with E-state index in [2.05, 4.69) is 35.1 Å². The van der Waals surface area contributed by atoms with Gasteiger partial charge in [0.2, 0.25) is 0 Å². The Hall–Kier alpha value is -3.05. The number of rotatable bonds is 4. The molecule has 0 radical (unpaired) electrons. The van der Waals surface area contributed by atoms with E-state index in [0.717, 1.165) is 12.0 Å². The predicted octanol–water partition coefficient (Wildman–Crippen LogP) is -0.818. The molecule has 1 spiro atoms. The fraction of sp³-hybridized carbons (Fsp3) is 0.609. The minimum atomic E-state index is -1.10. The van der Waals surface area contributed by atoms with Crippen molar-refractivity contribution in [3.05, 3.63) is 29.3 Å². The largest absolute Gasteiger partial charge is 0.492 e. The lowest BCUT2D eigenvalue weighted by Gasteiger charge is -2.49. The maximum Gasteiger partial charge on any atom is 0.255 e. The minimum Gasteiger partial charge on any atom is -0.492 e. The molecular formula is C23H34N8O3. The van der Waals surface area contributed by atoms with Crippen LogP contribution in [0.4, 0.5) is 0 Å². The molecule has 3 saturated heterocycles. The van der Waals surface area contributed by atoms with E-state index in [0.29, 0.717) is 24.5 Å². The molecule has 3 fully saturated rings. The summed E-state index contributed by atoms with van der Waals surface area (Å²) >= 11 is 0. The summed E-state index contributed by atoms with van der Waals surface area (Å²) in [5.41, 5.74) is 0.250. The molecule has 5 rings (SSSR count). The van der Waals surface area contributed by atoms with Crippen molar-refractivity contribution < 1.29 is 14.6 Å². The molecule has 1 aromatic rings. The van der Waals surface area contributed by atoms with Crippen LogP contribution in [0.25, 0.3) is 0 Å². The summed E-state index contributed by atoms with van der Waals surface area (Å²) in [4.78, 5) is 17.1. The summed E-state index contributed by atoms with van der Waals surface area (Å²) in [6.45, 7) is 5.67. The number of nitrogens with one attached hydrogen (secondary N) is 6. The van der Waals surface area contributed by atoms with Crippen LogP contribution in [0.5, 0.6) is 5.75 Å². The highest BCUT2D eigenvalue weighted by Gasteiger charge is 2.66. The Labute approximate surface area is 199 Å². The maximum absolute atomic E-state index is 13.4. The van der Waals surface area contributed by atoms with E-state index in [-0.39, 0.29) is 41.9 Å². The number of carbonyl (C=O) groups excluding carboxylic acids is 1. The molecule has 5 atom stereocenters. The number of benzene rings is 1. The van der Waals surface area contributed by atoms with E-state index in [1.807, 2.05) is 31.1 Å². The first-order valence-electron chi connectivity index (χ1n) is 11.7. The van der Waals surface area contributed by atoms with Gasteiger partial charge in [0.05, 0.1) is 30.3 Å². The molecule has 11 heteroatoms. The van der Waals surface area contributed by atoms with Gasteiger partial charge in [-0.25, -0.2) is 0 Å². The maximum atomic E-state index is 13.4. The van der Waals surface area contributed by atoms with Crippen molar-refractivity contribution in [2.45, 2.75) is 55.6 Å². The molecule has 3 unspecified atom stereocenters. The summed E-state index contributed by atoms with van der Waals surface area (Å²) in [6.07, 6.45) is -0.181. The second kappa shape index (κ2) is 7.74. The van der Waals surface area contributed by atoms with Crippen LogP contribution in [0, 0.1) is 10.8 Å². The van der Waals surface area contributed by atoms with Crippen molar-refractivity contribution in [3.8, 4) is 5.75 Å². The van der Waals surface area contributed by atoms with E-state index in [4.69, 9.17) is 15.6 Å². The van der Waals surface area contributed by atoms with Gasteiger partial charge in [0.25, 0.3) is 5.91 Å². The molecule has 34 heavy (non-hydrogen) atoms. The number of ether oxygens (including phenoxy) is 1. The standard InChI is InChI=1S/C23H34N8O3/c1-22(2)8-9-34-16-12(6-5-7-13(16)22)19(33)26-15-11-31-21(25)27-14(10-30(3)4)17-23(31,18(15)32)29-20(24)28-17/h5-7,14-15,17-18,32H,8-11H2,1-4H3,(H2,25,27)(H,26,33)(H3,24,28,29)/t14-,15?,17?,18+,23?/m0/s1. The van der Waals surface area contributed by atoms with E-state index in [1.54, 1.807) is 11.0 Å². The number of aliphatic hydroxyl groups excluding tert-OH is 1. The van der Waals surface area contributed by atoms with Crippen molar-refractivity contribution in [3.63, 3.8) is 0 Å². The van der Waals surface area contributed by atoms with Crippen LogP contribution in [0.3, 0.4) is 0 Å². The normalized spacial score (nSPS) is 33.2. The summed E-state index contributed by atoms with van der Waals surface area (Å²) in [7, 11) is 3.88. The van der Waals surface area contributed by atoms with Gasteiger partial charge in [-0.05, 0) is 32.0 Å². The Morgan fingerprint density at radius 3 is 2.82 bits per heavy atom. The molecule has 11 nitrogen and oxygen atoms in total. The molecule has 0 bridgehead atoms. The van der Waals surface area contributed by atoms with Gasteiger partial charge < -0.3 is 40.9 Å². The van der Waals surface area contributed by atoms with Crippen LogP contribution in [0.2, 0.25) is 0 Å². The Morgan fingerprint density at radius 1 is 1.32 bits per heavy atom. The SMILES string of the molecule is CN(C)C[C@@H]1NC(=N)N2CC(NC(=O)c3cccc4c3OCCC4(C)C)[C@@H](O)C23NC(=N)NC13. The van der Waals surface area contributed by atoms with Gasteiger partial charge in [-0.2, -0.15) is 0 Å². The molecule has 0 saturated carbocycles. The van der Waals surface area contributed by atoms with Gasteiger partial charge in [-0.15, -0.1) is 0 Å². The van der Waals surface area contributed by atoms with Gasteiger partial charge in [0, 0.05) is 18.7 Å². The number of hydrogen-bond acceptors (Lipinski definition) is 6. The highest BCUT2D eigenvalue weighted by Crippen LogP contribution is 2.41. The molecule has 7 N–H and O–H groups in total. The molecule has 184 valence electrons. The smallest absolute Gasteiger partial charge is 0.255 e. The average Bonchev–Trinajstić information content (AvgIpc) is 3.25. The third-order valence-corrected chi connectivity index (χ3v) is 7.59. The summed E-state index contributed by atoms with van der Waals surface area (Å²) < 4.78 is 5.91. The fourth-order valence-electron chi connectivity index (χ4n) is 5.87. The molecular weight excluding hydrogens is 436 g/mol. The Bertz CT molecular complexity index is 1040. The molecule has 4 aliphatic rings. The first-order valence-corrected chi connectivity index (χ1v) is 11.7. The number of fused-ring (bicyclic) bond motifs is 1. The third kappa shape index (κ3) is 3.29. The summed E-state index contributed by atoms with van der Waals surface area (Å²) in [5, 5.41) is 40.8. The molecule has 1 amide bonds. The zero-order valence-corrected chi connectivity index (χ0v) is 20.0. The van der Waals surface area contributed by atoms with Crippen LogP contribution in [0.1, 0.15) is 36.2 Å². The second-order valence-electron chi connectivity index (χ2n) is 10.6. The van der Waals surface area contributed by atoms with E-state index < -0.39 is 17.8 Å². The predicted molar refractivity (Wildman–Crippen MR) is 127 cm³/mol. The molecule has 4 heterocycles. The zero-order valence-electron chi connectivity index (χ0n) is 20.0. The van der Waals surface area contributed by atoms with Crippen molar-refractivity contribution in [2.75, 3.05) is 33.8 Å². The molecule has 0 aliphatic carbocycles. The van der Waals surface area contributed by atoms with Gasteiger partial charge in [0.1, 0.15) is 11.9 Å². The second-order valence-corrected chi connectivity index (χ2v) is 10.6. The monoisotopic (exact) mass is 470 g/mol. The summed E-state index contributed by atoms with van der Waals surface area (Å²) in [6, 6.07) is 4.37. The number of para-hydroxylation sites is 1. The van der Waals surface area contributed by atoms with Crippen LogP contribution in [0.15, 0.2) is 18.2 Å². The average molecular weight is 471 g/mol. The lowest BCUT2D eigenvalue weighted by Crippen LogP contribution is -2.77. The van der Waals surface area contributed by atoms with E-state index in [9.17, 15) is 9.90 Å². The molecule has 0 aromatic heterocycles. The zero-order chi connectivity index (χ0) is 24.4. The van der Waals surface area contributed by atoms with Crippen LogP contribution in [-0.4, -0.2) is 96.4 Å². The highest BCUT2D eigenvalue weighted by molar-refractivity contribution is 5.98. The number of carbonyl (C=O) groups is 1. The van der Waals surface area contributed by atoms with Gasteiger partial charge in [-0.3, -0.25) is 15.6 Å². The van der Waals surface area contributed by atoms with E-state index in [1.165, 1.54) is 0 Å². The Balaban J connectivity index is 1.43.